The van der Waals surface area contributed by atoms with Gasteiger partial charge < -0.3 is 19.8 Å². The number of rotatable bonds is 7. The number of hydrogen-bond donors (Lipinski definition) is 2. The van der Waals surface area contributed by atoms with Crippen LogP contribution in [0.5, 0.6) is 0 Å². The van der Waals surface area contributed by atoms with Crippen LogP contribution in [-0.2, 0) is 24.2 Å². The Balaban J connectivity index is 1.52. The van der Waals surface area contributed by atoms with Crippen molar-refractivity contribution in [1.29, 1.82) is 0 Å². The summed E-state index contributed by atoms with van der Waals surface area (Å²) >= 11 is 0. The summed E-state index contributed by atoms with van der Waals surface area (Å²) in [4.78, 5) is 43.2. The number of carbonyl (C=O) groups is 3. The number of carboxylic acid groups (broad SMARTS) is 1. The van der Waals surface area contributed by atoms with E-state index in [0.29, 0.717) is 11.1 Å². The number of pyridine rings is 1. The molecule has 1 aromatic heterocycles. The van der Waals surface area contributed by atoms with Gasteiger partial charge in [0, 0.05) is 6.20 Å². The zero-order valence-corrected chi connectivity index (χ0v) is 21.5. The number of aromatic nitrogens is 1. The molecule has 2 aliphatic heterocycles. The Kier molecular flexibility index (Phi) is 6.57. The van der Waals surface area contributed by atoms with E-state index in [2.05, 4.69) is 4.98 Å². The lowest BCUT2D eigenvalue weighted by molar-refractivity contribution is -0.161. The second-order valence-electron chi connectivity index (χ2n) is 9.50. The van der Waals surface area contributed by atoms with Crippen LogP contribution in [0, 0.1) is 0 Å². The number of esters is 1. The van der Waals surface area contributed by atoms with E-state index in [0.717, 1.165) is 4.90 Å². The summed E-state index contributed by atoms with van der Waals surface area (Å²) in [7, 11) is -4.32. The summed E-state index contributed by atoms with van der Waals surface area (Å²) in [6.45, 7) is 0.275. The van der Waals surface area contributed by atoms with Gasteiger partial charge >= 0.3 is 11.9 Å². The van der Waals surface area contributed by atoms with Crippen LogP contribution in [0.25, 0.3) is 6.08 Å². The largest absolute Gasteiger partial charge is 0.478 e. The fraction of sp³-hybridized carbons (Fsp3) is 0.214. The highest BCUT2D eigenvalue weighted by Gasteiger charge is 2.72. The predicted molar refractivity (Wildman–Crippen MR) is 139 cm³/mol. The Morgan fingerprint density at radius 1 is 1.08 bits per heavy atom. The van der Waals surface area contributed by atoms with Gasteiger partial charge in [0.25, 0.3) is 5.91 Å². The van der Waals surface area contributed by atoms with E-state index in [1.165, 1.54) is 31.3 Å². The molecule has 2 N–H and O–H groups in total. The molecule has 2 aliphatic rings. The minimum atomic E-state index is -4.32. The lowest BCUT2D eigenvalue weighted by Crippen LogP contribution is -2.60. The average molecular weight is 549 g/mol. The van der Waals surface area contributed by atoms with Crippen LogP contribution >= 0.6 is 0 Å². The minimum Gasteiger partial charge on any atom is -0.478 e. The monoisotopic (exact) mass is 548 g/mol. The molecule has 2 fully saturated rings. The number of hydrogen-bond acceptors (Lipinski definition) is 8. The normalized spacial score (nSPS) is 24.3. The summed E-state index contributed by atoms with van der Waals surface area (Å²) < 4.78 is 31.1. The van der Waals surface area contributed by atoms with Crippen LogP contribution in [-0.4, -0.2) is 69.1 Å². The molecule has 2 saturated heterocycles. The van der Waals surface area contributed by atoms with Gasteiger partial charge in [-0.05, 0) is 36.3 Å². The average Bonchev–Trinajstić information content (AvgIpc) is 3.11. The first-order chi connectivity index (χ1) is 18.6. The molecule has 3 heterocycles. The highest BCUT2D eigenvalue weighted by Crippen LogP contribution is 2.49. The standard InChI is InChI=1S/C28H24N2O8S/c1-28(16-31)23(27(35)38-22(17-8-4-2-5-9-17)18-10-6-3-7-11-18)30-24(32)21(25(30)39(28,36)37)15-20-14-19(26(33)34)12-13-29-20/h2-15,22-23,25,31H,16H2,1H3,(H,33,34)/b21-15-/t23-,25?,28?/m0/s1. The number of nitrogens with zero attached hydrogens (tertiary/aromatic N) is 2. The van der Waals surface area contributed by atoms with Gasteiger partial charge in [-0.25, -0.2) is 18.0 Å². The molecule has 0 saturated carbocycles. The summed E-state index contributed by atoms with van der Waals surface area (Å²) in [5.41, 5.74) is 1.07. The number of carboxylic acids is 1. The summed E-state index contributed by atoms with van der Waals surface area (Å²) in [6.07, 6.45) is 1.53. The maximum absolute atomic E-state index is 13.7. The summed E-state index contributed by atoms with van der Waals surface area (Å²) in [6, 6.07) is 18.6. The van der Waals surface area contributed by atoms with Gasteiger partial charge in [-0.2, -0.15) is 0 Å². The van der Waals surface area contributed by atoms with Crippen LogP contribution in [0.1, 0.15) is 40.2 Å². The molecular formula is C28H24N2O8S. The highest BCUT2D eigenvalue weighted by atomic mass is 32.2. The van der Waals surface area contributed by atoms with Gasteiger partial charge in [-0.3, -0.25) is 9.78 Å². The fourth-order valence-corrected chi connectivity index (χ4v) is 7.21. The number of aromatic carboxylic acids is 1. The van der Waals surface area contributed by atoms with E-state index in [4.69, 9.17) is 4.74 Å². The van der Waals surface area contributed by atoms with Crippen molar-refractivity contribution in [2.45, 2.75) is 29.2 Å². The smallest absolute Gasteiger partial charge is 0.335 e. The van der Waals surface area contributed by atoms with Gasteiger partial charge in [-0.15, -0.1) is 0 Å². The molecule has 39 heavy (non-hydrogen) atoms. The quantitative estimate of drug-likeness (QED) is 0.257. The predicted octanol–water partition coefficient (Wildman–Crippen LogP) is 2.21. The fourth-order valence-electron chi connectivity index (χ4n) is 4.98. The number of carbonyl (C=O) groups excluding carboxylic acids is 2. The van der Waals surface area contributed by atoms with E-state index >= 15 is 0 Å². The van der Waals surface area contributed by atoms with Gasteiger partial charge in [-0.1, -0.05) is 60.7 Å². The molecule has 0 aliphatic carbocycles. The third kappa shape index (κ3) is 4.19. The molecule has 2 unspecified atom stereocenters. The summed E-state index contributed by atoms with van der Waals surface area (Å²) in [5, 5.41) is 18.0. The maximum atomic E-state index is 13.7. The van der Waals surface area contributed by atoms with Crippen LogP contribution < -0.4 is 0 Å². The van der Waals surface area contributed by atoms with Crippen LogP contribution in [0.15, 0.2) is 84.6 Å². The van der Waals surface area contributed by atoms with Crippen molar-refractivity contribution in [2.24, 2.45) is 0 Å². The van der Waals surface area contributed by atoms with Crippen molar-refractivity contribution >= 4 is 33.8 Å². The molecule has 0 radical (unpaired) electrons. The second-order valence-corrected chi connectivity index (χ2v) is 12.0. The van der Waals surface area contributed by atoms with E-state index in [-0.39, 0.29) is 16.8 Å². The first kappa shape index (κ1) is 26.3. The van der Waals surface area contributed by atoms with Crippen LogP contribution in [0.2, 0.25) is 0 Å². The number of aliphatic hydroxyl groups is 1. The van der Waals surface area contributed by atoms with Gasteiger partial charge in [0.1, 0.15) is 4.75 Å². The van der Waals surface area contributed by atoms with Crippen molar-refractivity contribution in [1.82, 2.24) is 9.88 Å². The van der Waals surface area contributed by atoms with E-state index in [9.17, 15) is 33.0 Å². The van der Waals surface area contributed by atoms with Crippen LogP contribution in [0.4, 0.5) is 0 Å². The van der Waals surface area contributed by atoms with E-state index in [1.807, 2.05) is 0 Å². The van der Waals surface area contributed by atoms with Crippen molar-refractivity contribution in [3.63, 3.8) is 0 Å². The lowest BCUT2D eigenvalue weighted by Gasteiger charge is -2.39. The molecule has 10 nitrogen and oxygen atoms in total. The van der Waals surface area contributed by atoms with Crippen molar-refractivity contribution in [3.8, 4) is 0 Å². The summed E-state index contributed by atoms with van der Waals surface area (Å²) in [5.74, 6) is -2.94. The number of aliphatic hydroxyl groups excluding tert-OH is 1. The van der Waals surface area contributed by atoms with E-state index < -0.39 is 56.6 Å². The number of amides is 1. The highest BCUT2D eigenvalue weighted by molar-refractivity contribution is 7.94. The van der Waals surface area contributed by atoms with Gasteiger partial charge in [0.05, 0.1) is 23.4 Å². The van der Waals surface area contributed by atoms with Gasteiger partial charge in [0.15, 0.2) is 27.4 Å². The Morgan fingerprint density at radius 2 is 1.67 bits per heavy atom. The van der Waals surface area contributed by atoms with E-state index in [1.54, 1.807) is 60.7 Å². The molecule has 0 bridgehead atoms. The van der Waals surface area contributed by atoms with Gasteiger partial charge in [0.2, 0.25) is 0 Å². The molecule has 1 amide bonds. The Hall–Kier alpha value is -4.35. The molecule has 3 atom stereocenters. The molecule has 11 heteroatoms. The van der Waals surface area contributed by atoms with Crippen molar-refractivity contribution < 1.29 is 37.8 Å². The first-order valence-electron chi connectivity index (χ1n) is 12.0. The topological polar surface area (TPSA) is 151 Å². The zero-order valence-electron chi connectivity index (χ0n) is 20.7. The molecular weight excluding hydrogens is 524 g/mol. The molecule has 5 rings (SSSR count). The number of fused-ring (bicyclic) bond motifs is 1. The number of benzene rings is 2. The Labute approximate surface area is 224 Å². The van der Waals surface area contributed by atoms with Crippen molar-refractivity contribution in [2.75, 3.05) is 6.61 Å². The Morgan fingerprint density at radius 3 is 2.21 bits per heavy atom. The number of ether oxygens (including phenoxy) is 1. The molecule has 2 aromatic carbocycles. The molecule has 0 spiro atoms. The second kappa shape index (κ2) is 9.75. The third-order valence-electron chi connectivity index (χ3n) is 7.11. The number of β-lactam (4-membered cyclic amide) rings is 1. The lowest BCUT2D eigenvalue weighted by atomic mass is 9.94. The molecule has 200 valence electrons. The third-order valence-corrected chi connectivity index (χ3v) is 9.83. The Bertz CT molecular complexity index is 1550. The first-order valence-corrected chi connectivity index (χ1v) is 13.5. The van der Waals surface area contributed by atoms with Crippen LogP contribution in [0.3, 0.4) is 0 Å². The molecule has 3 aromatic rings. The maximum Gasteiger partial charge on any atom is 0.335 e. The number of sulfone groups is 1. The SMILES string of the molecule is CC1(CO)[C@H](C(=O)OC(c2ccccc2)c2ccccc2)N2C(=O)/C(=C/c3cc(C(=O)O)ccn3)C2S1(=O)=O. The zero-order chi connectivity index (χ0) is 27.9. The minimum absolute atomic E-state index is 0.0676. The van der Waals surface area contributed by atoms with Crippen molar-refractivity contribution in [3.05, 3.63) is 107 Å².